The molecule has 158 valence electrons. The topological polar surface area (TPSA) is 104 Å². The number of aromatic nitrogens is 2. The van der Waals surface area contributed by atoms with Crippen LogP contribution in [0.15, 0.2) is 36.7 Å². The highest BCUT2D eigenvalue weighted by molar-refractivity contribution is 6.03. The second kappa shape index (κ2) is 9.11. The third-order valence-corrected chi connectivity index (χ3v) is 5.96. The van der Waals surface area contributed by atoms with Crippen molar-refractivity contribution < 1.29 is 9.59 Å². The van der Waals surface area contributed by atoms with Gasteiger partial charge in [-0.15, -0.1) is 0 Å². The minimum Gasteiger partial charge on any atom is -0.366 e. The van der Waals surface area contributed by atoms with E-state index >= 15 is 0 Å². The second-order valence-electron chi connectivity index (χ2n) is 7.94. The van der Waals surface area contributed by atoms with Crippen LogP contribution >= 0.6 is 0 Å². The molecule has 0 aliphatic carbocycles. The van der Waals surface area contributed by atoms with Gasteiger partial charge in [-0.1, -0.05) is 12.1 Å². The van der Waals surface area contributed by atoms with Gasteiger partial charge in [0.2, 0.25) is 5.91 Å². The number of hydrogen-bond acceptors (Lipinski definition) is 6. The van der Waals surface area contributed by atoms with E-state index in [4.69, 9.17) is 5.73 Å². The van der Waals surface area contributed by atoms with Crippen LogP contribution in [0.2, 0.25) is 0 Å². The number of primary amides is 1. The van der Waals surface area contributed by atoms with E-state index < -0.39 is 5.91 Å². The van der Waals surface area contributed by atoms with Gasteiger partial charge in [-0.05, 0) is 44.2 Å². The first kappa shape index (κ1) is 20.1. The van der Waals surface area contributed by atoms with Crippen LogP contribution in [-0.2, 0) is 4.79 Å². The summed E-state index contributed by atoms with van der Waals surface area (Å²) in [5.74, 6) is 1.19. The van der Waals surface area contributed by atoms with Gasteiger partial charge in [0.05, 0.1) is 11.3 Å². The van der Waals surface area contributed by atoms with Gasteiger partial charge in [0.1, 0.15) is 18.0 Å². The summed E-state index contributed by atoms with van der Waals surface area (Å²) in [5, 5.41) is 2.88. The Hall–Kier alpha value is -3.16. The van der Waals surface area contributed by atoms with Gasteiger partial charge in [-0.25, -0.2) is 9.97 Å². The van der Waals surface area contributed by atoms with Crippen molar-refractivity contribution in [1.29, 1.82) is 0 Å². The van der Waals surface area contributed by atoms with Crippen molar-refractivity contribution in [2.24, 2.45) is 11.7 Å². The lowest BCUT2D eigenvalue weighted by Crippen LogP contribution is -2.39. The third-order valence-electron chi connectivity index (χ3n) is 5.96. The smallest absolute Gasteiger partial charge is 0.250 e. The fraction of sp³-hybridized carbons (Fsp3) is 0.455. The number of hydrogen-bond donors (Lipinski definition) is 2. The van der Waals surface area contributed by atoms with Gasteiger partial charge in [0.15, 0.2) is 0 Å². The number of nitrogens with zero attached hydrogens (tertiary/aromatic N) is 4. The van der Waals surface area contributed by atoms with E-state index in [2.05, 4.69) is 31.2 Å². The number of anilines is 3. The second-order valence-corrected chi connectivity index (χ2v) is 7.94. The molecule has 1 aromatic heterocycles. The molecule has 2 amide bonds. The lowest BCUT2D eigenvalue weighted by atomic mass is 9.95. The average Bonchev–Trinajstić information content (AvgIpc) is 2.80. The molecular weight excluding hydrogens is 380 g/mol. The normalized spacial score (nSPS) is 17.6. The zero-order valence-electron chi connectivity index (χ0n) is 17.1. The van der Waals surface area contributed by atoms with Crippen molar-refractivity contribution in [1.82, 2.24) is 9.97 Å². The van der Waals surface area contributed by atoms with Gasteiger partial charge in [0.25, 0.3) is 5.91 Å². The van der Waals surface area contributed by atoms with Crippen molar-refractivity contribution in [3.05, 3.63) is 42.2 Å². The Bertz CT molecular complexity index is 904. The van der Waals surface area contributed by atoms with E-state index in [0.717, 1.165) is 50.7 Å². The van der Waals surface area contributed by atoms with Crippen LogP contribution in [0.1, 0.15) is 42.5 Å². The number of carbonyl (C=O) groups is 2. The van der Waals surface area contributed by atoms with E-state index in [1.807, 2.05) is 0 Å². The molecule has 2 aliphatic rings. The molecule has 0 bridgehead atoms. The average molecular weight is 409 g/mol. The number of nitrogens with one attached hydrogen (secondary N) is 1. The maximum absolute atomic E-state index is 12.7. The minimum absolute atomic E-state index is 0.0694. The molecule has 8 nitrogen and oxygen atoms in total. The lowest BCUT2D eigenvalue weighted by molar-refractivity contribution is -0.120. The fourth-order valence-electron chi connectivity index (χ4n) is 4.22. The molecule has 0 atom stereocenters. The van der Waals surface area contributed by atoms with Crippen molar-refractivity contribution in [3.63, 3.8) is 0 Å². The van der Waals surface area contributed by atoms with Crippen LogP contribution < -0.4 is 20.9 Å². The van der Waals surface area contributed by atoms with Crippen LogP contribution in [-0.4, -0.2) is 48.0 Å². The predicted octanol–water partition coefficient (Wildman–Crippen LogP) is 2.42. The molecule has 0 radical (unpaired) electrons. The van der Waals surface area contributed by atoms with E-state index in [9.17, 15) is 9.59 Å². The zero-order valence-corrected chi connectivity index (χ0v) is 17.1. The maximum atomic E-state index is 12.7. The van der Waals surface area contributed by atoms with Crippen LogP contribution in [0.3, 0.4) is 0 Å². The first-order valence-corrected chi connectivity index (χ1v) is 10.6. The summed E-state index contributed by atoms with van der Waals surface area (Å²) >= 11 is 0. The number of carbonyl (C=O) groups excluding carboxylic acids is 2. The molecular formula is C22H28N6O2. The molecule has 2 aliphatic heterocycles. The van der Waals surface area contributed by atoms with Crippen LogP contribution in [0.25, 0.3) is 0 Å². The Morgan fingerprint density at radius 1 is 0.933 bits per heavy atom. The molecule has 0 saturated carbocycles. The van der Waals surface area contributed by atoms with Crippen molar-refractivity contribution in [2.75, 3.05) is 41.3 Å². The van der Waals surface area contributed by atoms with Crippen LogP contribution in [0, 0.1) is 5.92 Å². The summed E-state index contributed by atoms with van der Waals surface area (Å²) in [7, 11) is 0. The van der Waals surface area contributed by atoms with Crippen molar-refractivity contribution in [2.45, 2.75) is 32.1 Å². The summed E-state index contributed by atoms with van der Waals surface area (Å²) in [5.41, 5.74) is 6.20. The number of piperidine rings is 2. The molecule has 2 aromatic rings. The number of benzene rings is 1. The first-order valence-electron chi connectivity index (χ1n) is 10.6. The van der Waals surface area contributed by atoms with Crippen molar-refractivity contribution in [3.8, 4) is 0 Å². The molecule has 1 aromatic carbocycles. The number of para-hydroxylation sites is 1. The highest BCUT2D eigenvalue weighted by Gasteiger charge is 2.27. The Morgan fingerprint density at radius 2 is 1.57 bits per heavy atom. The molecule has 0 unspecified atom stereocenters. The third kappa shape index (κ3) is 4.53. The van der Waals surface area contributed by atoms with Crippen LogP contribution in [0.5, 0.6) is 0 Å². The van der Waals surface area contributed by atoms with Crippen LogP contribution in [0.4, 0.5) is 17.3 Å². The molecule has 0 spiro atoms. The monoisotopic (exact) mass is 408 g/mol. The lowest BCUT2D eigenvalue weighted by Gasteiger charge is -2.33. The Labute approximate surface area is 176 Å². The SMILES string of the molecule is NC(=O)c1ccccc1NC(=O)C1CCN(c2cc(N3CCCCC3)ncn2)CC1. The van der Waals surface area contributed by atoms with E-state index in [0.29, 0.717) is 11.3 Å². The van der Waals surface area contributed by atoms with E-state index in [1.165, 1.54) is 19.3 Å². The van der Waals surface area contributed by atoms with Gasteiger partial charge < -0.3 is 20.9 Å². The van der Waals surface area contributed by atoms with E-state index in [-0.39, 0.29) is 11.8 Å². The molecule has 8 heteroatoms. The largest absolute Gasteiger partial charge is 0.366 e. The molecule has 2 fully saturated rings. The standard InChI is InChI=1S/C22H28N6O2/c23-21(29)17-6-2-3-7-18(17)26-22(30)16-8-12-28(13-9-16)20-14-19(24-15-25-20)27-10-4-1-5-11-27/h2-3,6-7,14-16H,1,4-5,8-13H2,(H2,23,29)(H,26,30). The summed E-state index contributed by atoms with van der Waals surface area (Å²) in [6.45, 7) is 3.61. The van der Waals surface area contributed by atoms with Gasteiger partial charge in [0, 0.05) is 38.2 Å². The summed E-state index contributed by atoms with van der Waals surface area (Å²) in [6.07, 6.45) is 6.80. The highest BCUT2D eigenvalue weighted by Crippen LogP contribution is 2.26. The highest BCUT2D eigenvalue weighted by atomic mass is 16.2. The Kier molecular flexibility index (Phi) is 6.11. The Balaban J connectivity index is 1.36. The molecule has 30 heavy (non-hydrogen) atoms. The van der Waals surface area contributed by atoms with Gasteiger partial charge >= 0.3 is 0 Å². The first-order chi connectivity index (χ1) is 14.6. The van der Waals surface area contributed by atoms with Gasteiger partial charge in [-0.2, -0.15) is 0 Å². The van der Waals surface area contributed by atoms with E-state index in [1.54, 1.807) is 30.6 Å². The molecule has 3 heterocycles. The minimum atomic E-state index is -0.547. The quantitative estimate of drug-likeness (QED) is 0.787. The number of rotatable bonds is 5. The Morgan fingerprint density at radius 3 is 2.23 bits per heavy atom. The van der Waals surface area contributed by atoms with Crippen molar-refractivity contribution >= 4 is 29.1 Å². The zero-order chi connectivity index (χ0) is 20.9. The summed E-state index contributed by atoms with van der Waals surface area (Å²) < 4.78 is 0. The number of nitrogens with two attached hydrogens (primary N) is 1. The molecule has 4 rings (SSSR count). The number of amides is 2. The summed E-state index contributed by atoms with van der Waals surface area (Å²) in [6, 6.07) is 8.90. The maximum Gasteiger partial charge on any atom is 0.250 e. The van der Waals surface area contributed by atoms with Gasteiger partial charge in [-0.3, -0.25) is 9.59 Å². The molecule has 3 N–H and O–H groups in total. The fourth-order valence-corrected chi connectivity index (χ4v) is 4.22. The summed E-state index contributed by atoms with van der Waals surface area (Å²) in [4.78, 5) is 37.8. The molecule has 2 saturated heterocycles. The predicted molar refractivity (Wildman–Crippen MR) is 117 cm³/mol.